The normalized spacial score (nSPS) is 10.3. The predicted molar refractivity (Wildman–Crippen MR) is 108 cm³/mol. The number of nitrogens with one attached hydrogen (secondary N) is 1. The van der Waals surface area contributed by atoms with E-state index in [1.165, 1.54) is 13.3 Å². The number of nitrogens with zero attached hydrogens (tertiary/aromatic N) is 3. The van der Waals surface area contributed by atoms with Crippen LogP contribution in [-0.2, 0) is 0 Å². The van der Waals surface area contributed by atoms with Gasteiger partial charge in [0.15, 0.2) is 0 Å². The Bertz CT molecular complexity index is 1140. The molecule has 1 heterocycles. The molecule has 29 heavy (non-hydrogen) atoms. The Balaban J connectivity index is 1.98. The predicted octanol–water partition coefficient (Wildman–Crippen LogP) is 5.13. The van der Waals surface area contributed by atoms with E-state index in [-0.39, 0.29) is 21.9 Å². The molecule has 146 valence electrons. The fourth-order valence-electron chi connectivity index (χ4n) is 2.40. The van der Waals surface area contributed by atoms with Gasteiger partial charge < -0.3 is 10.1 Å². The van der Waals surface area contributed by atoms with Crippen LogP contribution in [-0.4, -0.2) is 22.9 Å². The second-order valence-corrected chi connectivity index (χ2v) is 7.33. The Labute approximate surface area is 180 Å². The van der Waals surface area contributed by atoms with Crippen molar-refractivity contribution in [3.05, 3.63) is 73.9 Å². The Hall–Kier alpha value is -2.90. The number of ketones is 1. The molecule has 3 rings (SSSR count). The van der Waals surface area contributed by atoms with E-state index in [0.29, 0.717) is 15.7 Å². The number of rotatable bonds is 5. The lowest BCUT2D eigenvalue weighted by Gasteiger charge is -2.11. The van der Waals surface area contributed by atoms with Gasteiger partial charge in [0.25, 0.3) is 0 Å². The van der Waals surface area contributed by atoms with Crippen LogP contribution in [0.2, 0.25) is 0 Å². The molecule has 0 fully saturated rings. The van der Waals surface area contributed by atoms with E-state index in [1.54, 1.807) is 18.2 Å². The molecule has 6 nitrogen and oxygen atoms in total. The van der Waals surface area contributed by atoms with Crippen LogP contribution in [0.4, 0.5) is 20.4 Å². The lowest BCUT2D eigenvalue weighted by Crippen LogP contribution is -2.12. The van der Waals surface area contributed by atoms with Crippen molar-refractivity contribution in [3.8, 4) is 11.8 Å². The Kier molecular flexibility index (Phi) is 6.20. The minimum atomic E-state index is -1.07. The number of hydrogen-bond acceptors (Lipinski definition) is 6. The molecule has 0 spiro atoms. The number of anilines is 2. The topological polar surface area (TPSA) is 87.9 Å². The first-order valence-electron chi connectivity index (χ1n) is 7.91. The lowest BCUT2D eigenvalue weighted by atomic mass is 10.1. The van der Waals surface area contributed by atoms with E-state index in [1.807, 2.05) is 6.07 Å². The molecule has 10 heteroatoms. The minimum absolute atomic E-state index is 0.0243. The van der Waals surface area contributed by atoms with Crippen LogP contribution < -0.4 is 10.1 Å². The van der Waals surface area contributed by atoms with Crippen LogP contribution in [0.5, 0.6) is 5.75 Å². The summed E-state index contributed by atoms with van der Waals surface area (Å²) in [7, 11) is 1.26. The van der Waals surface area contributed by atoms with E-state index in [9.17, 15) is 13.6 Å². The standard InChI is InChI=1S/C19H10Br2F2N4O2/c1-29-10-5-13(22)16(14(23)6-10)18(28)17-12(21)8-25-19(27-17)26-15-3-2-9(7-24)4-11(15)20/h2-6,8H,1H3,(H,25,26,27). The molecule has 0 unspecified atom stereocenters. The van der Waals surface area contributed by atoms with Gasteiger partial charge in [0, 0.05) is 22.8 Å². The van der Waals surface area contributed by atoms with Crippen molar-refractivity contribution in [2.75, 3.05) is 12.4 Å². The molecular weight excluding hydrogens is 514 g/mol. The van der Waals surface area contributed by atoms with Gasteiger partial charge in [-0.3, -0.25) is 4.79 Å². The molecule has 2 aromatic carbocycles. The highest BCUT2D eigenvalue weighted by molar-refractivity contribution is 9.11. The average molecular weight is 524 g/mol. The van der Waals surface area contributed by atoms with Gasteiger partial charge >= 0.3 is 0 Å². The van der Waals surface area contributed by atoms with Crippen molar-refractivity contribution >= 4 is 49.3 Å². The van der Waals surface area contributed by atoms with Gasteiger partial charge in [0.2, 0.25) is 11.7 Å². The smallest absolute Gasteiger partial charge is 0.227 e. The fourth-order valence-corrected chi connectivity index (χ4v) is 3.25. The summed E-state index contributed by atoms with van der Waals surface area (Å²) >= 11 is 6.46. The van der Waals surface area contributed by atoms with Crippen LogP contribution in [0.25, 0.3) is 0 Å². The van der Waals surface area contributed by atoms with Crippen molar-refractivity contribution in [1.29, 1.82) is 5.26 Å². The highest BCUT2D eigenvalue weighted by Crippen LogP contribution is 2.28. The van der Waals surface area contributed by atoms with Crippen LogP contribution in [0.3, 0.4) is 0 Å². The molecule has 0 amide bonds. The molecule has 0 aliphatic heterocycles. The third-order valence-corrected chi connectivity index (χ3v) is 5.02. The Morgan fingerprint density at radius 1 is 1.17 bits per heavy atom. The SMILES string of the molecule is COc1cc(F)c(C(=O)c2nc(Nc3ccc(C#N)cc3Br)ncc2Br)c(F)c1. The number of carbonyl (C=O) groups is 1. The summed E-state index contributed by atoms with van der Waals surface area (Å²) < 4.78 is 34.1. The van der Waals surface area contributed by atoms with Crippen molar-refractivity contribution in [2.45, 2.75) is 0 Å². The molecule has 0 saturated heterocycles. The molecule has 1 aromatic heterocycles. The quantitative estimate of drug-likeness (QED) is 0.466. The van der Waals surface area contributed by atoms with E-state index >= 15 is 0 Å². The number of nitriles is 1. The van der Waals surface area contributed by atoms with Crippen molar-refractivity contribution in [3.63, 3.8) is 0 Å². The van der Waals surface area contributed by atoms with E-state index in [2.05, 4.69) is 47.1 Å². The first-order valence-corrected chi connectivity index (χ1v) is 9.49. The van der Waals surface area contributed by atoms with Crippen LogP contribution >= 0.6 is 31.9 Å². The molecule has 0 aliphatic rings. The van der Waals surface area contributed by atoms with Crippen molar-refractivity contribution < 1.29 is 18.3 Å². The van der Waals surface area contributed by atoms with Gasteiger partial charge in [0.05, 0.1) is 34.5 Å². The van der Waals surface area contributed by atoms with Crippen LogP contribution in [0, 0.1) is 23.0 Å². The third-order valence-electron chi connectivity index (χ3n) is 3.78. The number of ether oxygens (including phenoxy) is 1. The Morgan fingerprint density at radius 3 is 2.45 bits per heavy atom. The van der Waals surface area contributed by atoms with Crippen molar-refractivity contribution in [2.24, 2.45) is 0 Å². The summed E-state index contributed by atoms with van der Waals surface area (Å²) in [6.45, 7) is 0. The summed E-state index contributed by atoms with van der Waals surface area (Å²) in [5, 5.41) is 11.8. The zero-order valence-electron chi connectivity index (χ0n) is 14.6. The van der Waals surface area contributed by atoms with Crippen LogP contribution in [0.1, 0.15) is 21.6 Å². The molecule has 0 atom stereocenters. The fraction of sp³-hybridized carbons (Fsp3) is 0.0526. The van der Waals surface area contributed by atoms with Gasteiger partial charge in [-0.05, 0) is 50.1 Å². The summed E-state index contributed by atoms with van der Waals surface area (Å²) in [5.74, 6) is -3.12. The molecule has 0 saturated carbocycles. The molecule has 0 bridgehead atoms. The third kappa shape index (κ3) is 4.41. The monoisotopic (exact) mass is 522 g/mol. The second kappa shape index (κ2) is 8.63. The van der Waals surface area contributed by atoms with Crippen molar-refractivity contribution in [1.82, 2.24) is 9.97 Å². The molecule has 0 radical (unpaired) electrons. The van der Waals surface area contributed by atoms with Gasteiger partial charge in [-0.25, -0.2) is 18.7 Å². The largest absolute Gasteiger partial charge is 0.497 e. The minimum Gasteiger partial charge on any atom is -0.497 e. The van der Waals surface area contributed by atoms with Crippen LogP contribution in [0.15, 0.2) is 45.5 Å². The average Bonchev–Trinajstić information content (AvgIpc) is 2.70. The molecule has 0 aliphatic carbocycles. The van der Waals surface area contributed by atoms with Gasteiger partial charge in [0.1, 0.15) is 23.1 Å². The molecular formula is C19H10Br2F2N4O2. The number of carbonyl (C=O) groups excluding carboxylic acids is 1. The lowest BCUT2D eigenvalue weighted by molar-refractivity contribution is 0.102. The number of methoxy groups -OCH3 is 1. The maximum Gasteiger partial charge on any atom is 0.227 e. The van der Waals surface area contributed by atoms with E-state index < -0.39 is 23.0 Å². The summed E-state index contributed by atoms with van der Waals surface area (Å²) in [6, 6.07) is 8.64. The number of halogens is 4. The second-order valence-electron chi connectivity index (χ2n) is 5.62. The number of hydrogen-bond donors (Lipinski definition) is 1. The van der Waals surface area contributed by atoms with E-state index in [0.717, 1.165) is 12.1 Å². The maximum absolute atomic E-state index is 14.3. The first kappa shape index (κ1) is 20.8. The summed E-state index contributed by atoms with van der Waals surface area (Å²) in [4.78, 5) is 20.9. The highest BCUT2D eigenvalue weighted by atomic mass is 79.9. The zero-order chi connectivity index (χ0) is 21.1. The molecule has 3 aromatic rings. The van der Waals surface area contributed by atoms with Gasteiger partial charge in [-0.1, -0.05) is 0 Å². The first-order chi connectivity index (χ1) is 13.8. The summed E-state index contributed by atoms with van der Waals surface area (Å²) in [6.07, 6.45) is 1.29. The van der Waals surface area contributed by atoms with E-state index in [4.69, 9.17) is 10.00 Å². The van der Waals surface area contributed by atoms with Gasteiger partial charge in [-0.2, -0.15) is 5.26 Å². The Morgan fingerprint density at radius 2 is 1.86 bits per heavy atom. The zero-order valence-corrected chi connectivity index (χ0v) is 17.8. The maximum atomic E-state index is 14.3. The summed E-state index contributed by atoms with van der Waals surface area (Å²) in [5.41, 5.74) is -0.00191. The number of aromatic nitrogens is 2. The highest BCUT2D eigenvalue weighted by Gasteiger charge is 2.24. The molecule has 1 N–H and O–H groups in total. The van der Waals surface area contributed by atoms with Gasteiger partial charge in [-0.15, -0.1) is 0 Å². The number of benzene rings is 2.